The van der Waals surface area contributed by atoms with Crippen molar-refractivity contribution in [3.63, 3.8) is 0 Å². The van der Waals surface area contributed by atoms with Crippen molar-refractivity contribution < 1.29 is 13.9 Å². The highest BCUT2D eigenvalue weighted by Crippen LogP contribution is 2.28. The topological polar surface area (TPSA) is 29.5 Å². The first-order chi connectivity index (χ1) is 11.6. The van der Waals surface area contributed by atoms with Gasteiger partial charge in [-0.3, -0.25) is 4.79 Å². The van der Waals surface area contributed by atoms with Crippen molar-refractivity contribution in [2.45, 2.75) is 19.8 Å². The summed E-state index contributed by atoms with van der Waals surface area (Å²) in [4.78, 5) is 13.9. The van der Waals surface area contributed by atoms with Gasteiger partial charge >= 0.3 is 0 Å². The summed E-state index contributed by atoms with van der Waals surface area (Å²) < 4.78 is 19.9. The molecule has 0 spiro atoms. The van der Waals surface area contributed by atoms with Crippen LogP contribution in [-0.2, 0) is 0 Å². The van der Waals surface area contributed by atoms with Crippen molar-refractivity contribution in [2.75, 3.05) is 24.6 Å². The summed E-state index contributed by atoms with van der Waals surface area (Å²) in [7, 11) is 0. The molecule has 0 amide bonds. The number of ketones is 1. The minimum atomic E-state index is -0.442. The number of Topliss-reactive ketones (excluding diaryl/α,β-unsaturated/α-hetero) is 1. The molecule has 2 aromatic rings. The third-order valence-electron chi connectivity index (χ3n) is 4.43. The zero-order chi connectivity index (χ0) is 16.9. The van der Waals surface area contributed by atoms with E-state index in [9.17, 15) is 9.18 Å². The molecule has 1 saturated heterocycles. The maximum absolute atomic E-state index is 14.1. The lowest BCUT2D eigenvalue weighted by atomic mass is 9.97. The number of ether oxygens (including phenoxy) is 1. The van der Waals surface area contributed by atoms with Crippen LogP contribution in [0.15, 0.2) is 48.5 Å². The van der Waals surface area contributed by atoms with Crippen LogP contribution in [0.25, 0.3) is 0 Å². The Labute approximate surface area is 142 Å². The van der Waals surface area contributed by atoms with Gasteiger partial charge in [-0.25, -0.2) is 4.39 Å². The first-order valence-corrected chi connectivity index (χ1v) is 8.37. The Morgan fingerprint density at radius 1 is 1.21 bits per heavy atom. The fraction of sp³-hybridized carbons (Fsp3) is 0.350. The van der Waals surface area contributed by atoms with Crippen LogP contribution >= 0.6 is 0 Å². The van der Waals surface area contributed by atoms with E-state index in [1.807, 2.05) is 36.4 Å². The monoisotopic (exact) mass is 327 g/mol. The standard InChI is InChI=1S/C20H22FNO2/c1-15(23)20-18(21)10-5-11-19(20)22-12-6-7-16(13-22)14-24-17-8-3-2-4-9-17/h2-5,8-11,16H,6-7,12-14H2,1H3. The van der Waals surface area contributed by atoms with Crippen molar-refractivity contribution in [3.8, 4) is 5.75 Å². The minimum Gasteiger partial charge on any atom is -0.493 e. The number of piperidine rings is 1. The lowest BCUT2D eigenvalue weighted by molar-refractivity contribution is 0.101. The first kappa shape index (κ1) is 16.5. The second-order valence-electron chi connectivity index (χ2n) is 6.27. The molecule has 0 bridgehead atoms. The molecule has 4 heteroatoms. The summed E-state index contributed by atoms with van der Waals surface area (Å²) in [6, 6.07) is 14.6. The van der Waals surface area contributed by atoms with Gasteiger partial charge in [0.05, 0.1) is 17.9 Å². The van der Waals surface area contributed by atoms with E-state index in [4.69, 9.17) is 4.74 Å². The highest BCUT2D eigenvalue weighted by Gasteiger charge is 2.24. The van der Waals surface area contributed by atoms with Crippen LogP contribution in [0.5, 0.6) is 5.75 Å². The van der Waals surface area contributed by atoms with Crippen molar-refractivity contribution in [3.05, 3.63) is 59.9 Å². The number of anilines is 1. The van der Waals surface area contributed by atoms with Crippen LogP contribution in [0.4, 0.5) is 10.1 Å². The Morgan fingerprint density at radius 2 is 2.00 bits per heavy atom. The fourth-order valence-corrected chi connectivity index (χ4v) is 3.28. The quantitative estimate of drug-likeness (QED) is 0.766. The molecule has 0 radical (unpaired) electrons. The predicted molar refractivity (Wildman–Crippen MR) is 93.3 cm³/mol. The molecule has 0 aromatic heterocycles. The number of hydrogen-bond donors (Lipinski definition) is 0. The average molecular weight is 327 g/mol. The number of carbonyl (C=O) groups is 1. The van der Waals surface area contributed by atoms with E-state index >= 15 is 0 Å². The molecule has 1 aliphatic heterocycles. The summed E-state index contributed by atoms with van der Waals surface area (Å²) in [6.07, 6.45) is 2.09. The third-order valence-corrected chi connectivity index (χ3v) is 4.43. The molecule has 3 nitrogen and oxygen atoms in total. The van der Waals surface area contributed by atoms with E-state index in [0.717, 1.165) is 31.7 Å². The van der Waals surface area contributed by atoms with E-state index in [2.05, 4.69) is 4.90 Å². The predicted octanol–water partition coefficient (Wildman–Crippen LogP) is 4.32. The second-order valence-corrected chi connectivity index (χ2v) is 6.27. The van der Waals surface area contributed by atoms with E-state index in [0.29, 0.717) is 18.2 Å². The van der Waals surface area contributed by atoms with Crippen molar-refractivity contribution in [2.24, 2.45) is 5.92 Å². The van der Waals surface area contributed by atoms with Crippen LogP contribution in [0, 0.1) is 11.7 Å². The third kappa shape index (κ3) is 3.75. The van der Waals surface area contributed by atoms with Gasteiger partial charge in [0.25, 0.3) is 0 Å². The molecule has 3 rings (SSSR count). The number of halogens is 1. The van der Waals surface area contributed by atoms with E-state index in [1.165, 1.54) is 13.0 Å². The summed E-state index contributed by atoms with van der Waals surface area (Å²) >= 11 is 0. The Kier molecular flexibility index (Phi) is 5.14. The summed E-state index contributed by atoms with van der Waals surface area (Å²) in [6.45, 7) is 3.66. The van der Waals surface area contributed by atoms with Crippen molar-refractivity contribution in [1.29, 1.82) is 0 Å². The Morgan fingerprint density at radius 3 is 2.75 bits per heavy atom. The molecule has 1 fully saturated rings. The molecule has 1 unspecified atom stereocenters. The molecule has 1 aliphatic rings. The Balaban J connectivity index is 1.70. The average Bonchev–Trinajstić information content (AvgIpc) is 2.60. The minimum absolute atomic E-state index is 0.196. The second kappa shape index (κ2) is 7.47. The lowest BCUT2D eigenvalue weighted by Gasteiger charge is -2.35. The maximum Gasteiger partial charge on any atom is 0.164 e. The highest BCUT2D eigenvalue weighted by atomic mass is 19.1. The fourth-order valence-electron chi connectivity index (χ4n) is 3.28. The number of carbonyl (C=O) groups excluding carboxylic acids is 1. The summed E-state index contributed by atoms with van der Waals surface area (Å²) in [5.41, 5.74) is 0.897. The van der Waals surface area contributed by atoms with Gasteiger partial charge in [-0.1, -0.05) is 24.3 Å². The van der Waals surface area contributed by atoms with Gasteiger partial charge < -0.3 is 9.64 Å². The van der Waals surface area contributed by atoms with E-state index < -0.39 is 5.82 Å². The van der Waals surface area contributed by atoms with Crippen LogP contribution in [0.3, 0.4) is 0 Å². The molecule has 0 N–H and O–H groups in total. The molecule has 24 heavy (non-hydrogen) atoms. The molecule has 0 aliphatic carbocycles. The molecular weight excluding hydrogens is 305 g/mol. The first-order valence-electron chi connectivity index (χ1n) is 8.37. The van der Waals surface area contributed by atoms with Gasteiger partial charge in [0, 0.05) is 19.0 Å². The molecular formula is C20H22FNO2. The molecule has 2 aromatic carbocycles. The number of para-hydroxylation sites is 1. The molecule has 126 valence electrons. The zero-order valence-electron chi connectivity index (χ0n) is 13.9. The van der Waals surface area contributed by atoms with Crippen LogP contribution < -0.4 is 9.64 Å². The number of rotatable bonds is 5. The maximum atomic E-state index is 14.1. The van der Waals surface area contributed by atoms with Gasteiger partial charge in [0.15, 0.2) is 5.78 Å². The number of hydrogen-bond acceptors (Lipinski definition) is 3. The summed E-state index contributed by atoms with van der Waals surface area (Å²) in [5, 5.41) is 0. The van der Waals surface area contributed by atoms with Gasteiger partial charge in [-0.15, -0.1) is 0 Å². The Hall–Kier alpha value is -2.36. The van der Waals surface area contributed by atoms with Crippen LogP contribution in [-0.4, -0.2) is 25.5 Å². The van der Waals surface area contributed by atoms with E-state index in [1.54, 1.807) is 6.07 Å². The van der Waals surface area contributed by atoms with Gasteiger partial charge in [0.2, 0.25) is 0 Å². The number of nitrogens with zero attached hydrogens (tertiary/aromatic N) is 1. The lowest BCUT2D eigenvalue weighted by Crippen LogP contribution is -2.38. The molecule has 1 atom stereocenters. The Bertz CT molecular complexity index is 702. The largest absolute Gasteiger partial charge is 0.493 e. The van der Waals surface area contributed by atoms with Crippen molar-refractivity contribution >= 4 is 11.5 Å². The van der Waals surface area contributed by atoms with Crippen molar-refractivity contribution in [1.82, 2.24) is 0 Å². The number of benzene rings is 2. The smallest absolute Gasteiger partial charge is 0.164 e. The van der Waals surface area contributed by atoms with Gasteiger partial charge in [0.1, 0.15) is 11.6 Å². The molecule has 0 saturated carbocycles. The van der Waals surface area contributed by atoms with Gasteiger partial charge in [-0.05, 0) is 44.0 Å². The summed E-state index contributed by atoms with van der Waals surface area (Å²) in [5.74, 6) is 0.556. The SMILES string of the molecule is CC(=O)c1c(F)cccc1N1CCCC(COc2ccccc2)C1. The highest BCUT2D eigenvalue weighted by molar-refractivity contribution is 6.00. The van der Waals surface area contributed by atoms with E-state index in [-0.39, 0.29) is 11.3 Å². The van der Waals surface area contributed by atoms with Gasteiger partial charge in [-0.2, -0.15) is 0 Å². The normalized spacial score (nSPS) is 17.6. The molecule has 1 heterocycles. The van der Waals surface area contributed by atoms with Crippen LogP contribution in [0.1, 0.15) is 30.1 Å². The van der Waals surface area contributed by atoms with Crippen LogP contribution in [0.2, 0.25) is 0 Å². The zero-order valence-corrected chi connectivity index (χ0v) is 13.9.